The third-order valence-corrected chi connectivity index (χ3v) is 5.32. The van der Waals surface area contributed by atoms with Crippen molar-refractivity contribution in [3.05, 3.63) is 99.8 Å². The van der Waals surface area contributed by atoms with Gasteiger partial charge in [-0.15, -0.1) is 0 Å². The molecule has 0 unspecified atom stereocenters. The number of fused-ring (bicyclic) bond motifs is 1. The predicted octanol–water partition coefficient (Wildman–Crippen LogP) is 4.91. The number of benzene rings is 3. The van der Waals surface area contributed by atoms with Gasteiger partial charge in [-0.1, -0.05) is 29.8 Å². The fourth-order valence-corrected chi connectivity index (χ4v) is 3.58. The van der Waals surface area contributed by atoms with E-state index in [4.69, 9.17) is 16.3 Å². The van der Waals surface area contributed by atoms with Crippen molar-refractivity contribution in [3.8, 4) is 5.75 Å². The van der Waals surface area contributed by atoms with E-state index in [-0.39, 0.29) is 18.0 Å². The minimum absolute atomic E-state index is 0.135. The lowest BCUT2D eigenvalue weighted by Crippen LogP contribution is -2.30. The Morgan fingerprint density at radius 1 is 0.969 bits per heavy atom. The first kappa shape index (κ1) is 21.5. The monoisotopic (exact) mass is 447 g/mol. The van der Waals surface area contributed by atoms with E-state index in [9.17, 15) is 9.59 Å². The summed E-state index contributed by atoms with van der Waals surface area (Å²) in [7, 11) is 1.56. The summed E-state index contributed by atoms with van der Waals surface area (Å²) in [5.74, 6) is 0.297. The average Bonchev–Trinajstić information content (AvgIpc) is 2.81. The molecule has 32 heavy (non-hydrogen) atoms. The molecular formula is C25H22ClN3O3. The Morgan fingerprint density at radius 3 is 2.44 bits per heavy atom. The van der Waals surface area contributed by atoms with Crippen molar-refractivity contribution in [1.29, 1.82) is 0 Å². The molecule has 0 saturated heterocycles. The highest BCUT2D eigenvalue weighted by Gasteiger charge is 2.14. The summed E-state index contributed by atoms with van der Waals surface area (Å²) in [5, 5.41) is 7.50. The molecule has 1 amide bonds. The number of nitrogens with one attached hydrogen (secondary N) is 2. The summed E-state index contributed by atoms with van der Waals surface area (Å²) in [6.45, 7) is 0.202. The van der Waals surface area contributed by atoms with Gasteiger partial charge in [0.2, 0.25) is 5.91 Å². The maximum Gasteiger partial charge on any atom is 0.256 e. The summed E-state index contributed by atoms with van der Waals surface area (Å²) in [6, 6.07) is 23.8. The smallest absolute Gasteiger partial charge is 0.256 e. The van der Waals surface area contributed by atoms with Crippen LogP contribution in [0.2, 0.25) is 5.02 Å². The molecule has 0 atom stereocenters. The van der Waals surface area contributed by atoms with Gasteiger partial charge in [0.1, 0.15) is 12.3 Å². The maximum absolute atomic E-state index is 13.3. The van der Waals surface area contributed by atoms with E-state index >= 15 is 0 Å². The Morgan fingerprint density at radius 2 is 1.72 bits per heavy atom. The molecule has 0 spiro atoms. The lowest BCUT2D eigenvalue weighted by atomic mass is 10.1. The summed E-state index contributed by atoms with van der Waals surface area (Å²) in [6.07, 6.45) is 0. The molecule has 0 saturated carbocycles. The number of para-hydroxylation sites is 1. The Balaban J connectivity index is 1.67. The van der Waals surface area contributed by atoms with Crippen LogP contribution in [0.15, 0.2) is 83.7 Å². The summed E-state index contributed by atoms with van der Waals surface area (Å²) >= 11 is 5.91. The van der Waals surface area contributed by atoms with Gasteiger partial charge in [-0.2, -0.15) is 0 Å². The van der Waals surface area contributed by atoms with E-state index in [2.05, 4.69) is 10.6 Å². The number of hydrogen-bond donors (Lipinski definition) is 2. The minimum Gasteiger partial charge on any atom is -0.497 e. The van der Waals surface area contributed by atoms with E-state index < -0.39 is 0 Å². The molecular weight excluding hydrogens is 426 g/mol. The van der Waals surface area contributed by atoms with Crippen molar-refractivity contribution in [2.45, 2.75) is 13.1 Å². The van der Waals surface area contributed by atoms with Crippen LogP contribution < -0.4 is 20.9 Å². The molecule has 0 fully saturated rings. The zero-order valence-corrected chi connectivity index (χ0v) is 18.2. The number of hydrogen-bond acceptors (Lipinski definition) is 4. The van der Waals surface area contributed by atoms with Gasteiger partial charge in [0.25, 0.3) is 5.56 Å². The first-order valence-electron chi connectivity index (χ1n) is 10.1. The number of carbonyl (C=O) groups excluding carboxylic acids is 1. The second-order valence-electron chi connectivity index (χ2n) is 7.26. The van der Waals surface area contributed by atoms with Gasteiger partial charge in [-0.3, -0.25) is 14.2 Å². The second-order valence-corrected chi connectivity index (χ2v) is 7.70. The number of rotatable bonds is 7. The molecule has 3 aromatic carbocycles. The van der Waals surface area contributed by atoms with Crippen LogP contribution in [0.3, 0.4) is 0 Å². The topological polar surface area (TPSA) is 72.4 Å². The second kappa shape index (κ2) is 9.58. The third kappa shape index (κ3) is 4.92. The number of carbonyl (C=O) groups is 1. The van der Waals surface area contributed by atoms with Crippen molar-refractivity contribution in [2.75, 3.05) is 17.7 Å². The highest BCUT2D eigenvalue weighted by molar-refractivity contribution is 6.30. The lowest BCUT2D eigenvalue weighted by molar-refractivity contribution is -0.116. The highest BCUT2D eigenvalue weighted by Crippen LogP contribution is 2.21. The van der Waals surface area contributed by atoms with Crippen molar-refractivity contribution in [3.63, 3.8) is 0 Å². The molecule has 162 valence electrons. The number of ether oxygens (including phenoxy) is 1. The van der Waals surface area contributed by atoms with Crippen LogP contribution in [0, 0.1) is 0 Å². The molecule has 1 heterocycles. The quantitative estimate of drug-likeness (QED) is 0.422. The van der Waals surface area contributed by atoms with E-state index in [0.29, 0.717) is 34.1 Å². The van der Waals surface area contributed by atoms with Crippen LogP contribution >= 0.6 is 11.6 Å². The van der Waals surface area contributed by atoms with Crippen LogP contribution in [0.4, 0.5) is 11.4 Å². The van der Waals surface area contributed by atoms with Crippen molar-refractivity contribution in [2.24, 2.45) is 0 Å². The van der Waals surface area contributed by atoms with Crippen molar-refractivity contribution >= 4 is 39.8 Å². The predicted molar refractivity (Wildman–Crippen MR) is 129 cm³/mol. The highest BCUT2D eigenvalue weighted by atomic mass is 35.5. The van der Waals surface area contributed by atoms with E-state index in [1.54, 1.807) is 37.4 Å². The molecule has 0 aliphatic heterocycles. The first-order valence-corrected chi connectivity index (χ1v) is 10.5. The van der Waals surface area contributed by atoms with Gasteiger partial charge in [-0.05, 0) is 60.0 Å². The van der Waals surface area contributed by atoms with Crippen LogP contribution in [0.25, 0.3) is 10.9 Å². The Hall–Kier alpha value is -3.77. The summed E-state index contributed by atoms with van der Waals surface area (Å²) in [5.41, 5.74) is 2.47. The number of nitrogens with zero attached hydrogens (tertiary/aromatic N) is 1. The number of anilines is 2. The largest absolute Gasteiger partial charge is 0.497 e. The Bertz CT molecular complexity index is 1300. The van der Waals surface area contributed by atoms with Gasteiger partial charge in [-0.25, -0.2) is 0 Å². The van der Waals surface area contributed by atoms with Gasteiger partial charge in [0, 0.05) is 34.6 Å². The SMILES string of the molecule is COc1ccc2cc(CNc3ccccc3)c(=O)n(CC(=O)Nc3ccc(Cl)cc3)c2c1. The lowest BCUT2D eigenvalue weighted by Gasteiger charge is -2.15. The zero-order chi connectivity index (χ0) is 22.5. The molecule has 7 heteroatoms. The average molecular weight is 448 g/mol. The van der Waals surface area contributed by atoms with E-state index in [1.165, 1.54) is 4.57 Å². The Labute approximate surface area is 190 Å². The standard InChI is InChI=1S/C25H22ClN3O3/c1-32-22-12-7-17-13-18(15-27-20-5-3-2-4-6-20)25(31)29(23(17)14-22)16-24(30)28-21-10-8-19(26)9-11-21/h2-14,27H,15-16H2,1H3,(H,28,30). The van der Waals surface area contributed by atoms with Crippen molar-refractivity contribution < 1.29 is 9.53 Å². The number of halogens is 1. The maximum atomic E-state index is 13.3. The molecule has 2 N–H and O–H groups in total. The fraction of sp³-hybridized carbons (Fsp3) is 0.120. The van der Waals surface area contributed by atoms with Gasteiger partial charge in [0.05, 0.1) is 12.6 Å². The molecule has 4 aromatic rings. The Kier molecular flexibility index (Phi) is 6.42. The first-order chi connectivity index (χ1) is 15.5. The molecule has 4 rings (SSSR count). The molecule has 0 aliphatic carbocycles. The van der Waals surface area contributed by atoms with Crippen LogP contribution in [-0.2, 0) is 17.9 Å². The van der Waals surface area contributed by atoms with E-state index in [0.717, 1.165) is 11.1 Å². The molecule has 0 bridgehead atoms. The van der Waals surface area contributed by atoms with Gasteiger partial charge >= 0.3 is 0 Å². The fourth-order valence-electron chi connectivity index (χ4n) is 3.45. The number of aromatic nitrogens is 1. The summed E-state index contributed by atoms with van der Waals surface area (Å²) in [4.78, 5) is 26.1. The zero-order valence-electron chi connectivity index (χ0n) is 17.5. The third-order valence-electron chi connectivity index (χ3n) is 5.06. The van der Waals surface area contributed by atoms with Gasteiger partial charge in [0.15, 0.2) is 0 Å². The molecule has 0 aliphatic rings. The van der Waals surface area contributed by atoms with Crippen molar-refractivity contribution in [1.82, 2.24) is 4.57 Å². The normalized spacial score (nSPS) is 10.7. The van der Waals surface area contributed by atoms with E-state index in [1.807, 2.05) is 48.5 Å². The van der Waals surface area contributed by atoms with Gasteiger partial charge < -0.3 is 15.4 Å². The van der Waals surface area contributed by atoms with Crippen LogP contribution in [0.5, 0.6) is 5.75 Å². The number of pyridine rings is 1. The molecule has 0 radical (unpaired) electrons. The number of methoxy groups -OCH3 is 1. The number of amides is 1. The van der Waals surface area contributed by atoms with Crippen LogP contribution in [0.1, 0.15) is 5.56 Å². The minimum atomic E-state index is -0.313. The molecule has 6 nitrogen and oxygen atoms in total. The molecule has 1 aromatic heterocycles. The summed E-state index contributed by atoms with van der Waals surface area (Å²) < 4.78 is 6.80. The van der Waals surface area contributed by atoms with Crippen LogP contribution in [-0.4, -0.2) is 17.6 Å².